The summed E-state index contributed by atoms with van der Waals surface area (Å²) < 4.78 is 0. The summed E-state index contributed by atoms with van der Waals surface area (Å²) in [4.78, 5) is 0. The fourth-order valence-corrected chi connectivity index (χ4v) is 2.65. The van der Waals surface area contributed by atoms with E-state index in [-0.39, 0.29) is 5.38 Å². The number of hydrogen-bond donors (Lipinski definition) is 0. The maximum absolute atomic E-state index is 6.18. The highest BCUT2D eigenvalue weighted by molar-refractivity contribution is 6.42. The molecule has 0 aromatic heterocycles. The molecule has 0 amide bonds. The molecule has 15 heavy (non-hydrogen) atoms. The van der Waals surface area contributed by atoms with Gasteiger partial charge in [0.15, 0.2) is 0 Å². The Balaban J connectivity index is 2.48. The number of benzene rings is 1. The van der Waals surface area contributed by atoms with Gasteiger partial charge in [-0.3, -0.25) is 0 Å². The molecule has 2 rings (SSSR count). The lowest BCUT2D eigenvalue weighted by Crippen LogP contribution is -2.08. The van der Waals surface area contributed by atoms with E-state index < -0.39 is 0 Å². The third-order valence-electron chi connectivity index (χ3n) is 2.19. The second kappa shape index (κ2) is 4.61. The van der Waals surface area contributed by atoms with Crippen molar-refractivity contribution in [2.75, 3.05) is 0 Å². The summed E-state index contributed by atoms with van der Waals surface area (Å²) in [5, 5.41) is 0.922. The summed E-state index contributed by atoms with van der Waals surface area (Å²) in [6, 6.07) is 9.82. The van der Waals surface area contributed by atoms with Crippen molar-refractivity contribution in [3.05, 3.63) is 58.5 Å². The van der Waals surface area contributed by atoms with Gasteiger partial charge in [-0.1, -0.05) is 53.5 Å². The molecule has 0 saturated carbocycles. The SMILES string of the molecule is ClC1=CC(Cl)=C(c2ccccc2)[C@@H](Cl)[CH]1. The third-order valence-corrected chi connectivity index (χ3v) is 3.08. The van der Waals surface area contributed by atoms with E-state index in [9.17, 15) is 0 Å². The van der Waals surface area contributed by atoms with Crippen molar-refractivity contribution in [1.82, 2.24) is 0 Å². The predicted octanol–water partition coefficient (Wildman–Crippen LogP) is 4.58. The van der Waals surface area contributed by atoms with Crippen LogP contribution >= 0.6 is 34.8 Å². The first-order chi connectivity index (χ1) is 7.18. The number of alkyl halides is 1. The van der Waals surface area contributed by atoms with E-state index in [1.807, 2.05) is 30.3 Å². The molecule has 1 aromatic rings. The van der Waals surface area contributed by atoms with Gasteiger partial charge in [0.2, 0.25) is 0 Å². The molecule has 0 unspecified atom stereocenters. The van der Waals surface area contributed by atoms with Gasteiger partial charge in [-0.25, -0.2) is 0 Å². The summed E-state index contributed by atoms with van der Waals surface area (Å²) in [5.41, 5.74) is 1.93. The molecule has 0 heterocycles. The molecule has 0 fully saturated rings. The van der Waals surface area contributed by atoms with Crippen LogP contribution in [0.2, 0.25) is 0 Å². The molecule has 1 atom stereocenters. The van der Waals surface area contributed by atoms with Crippen LogP contribution in [0.5, 0.6) is 0 Å². The Kier molecular flexibility index (Phi) is 3.40. The van der Waals surface area contributed by atoms with Crippen LogP contribution in [0, 0.1) is 6.42 Å². The molecule has 77 valence electrons. The summed E-state index contributed by atoms with van der Waals surface area (Å²) in [6.45, 7) is 0. The van der Waals surface area contributed by atoms with Crippen LogP contribution in [0.25, 0.3) is 5.57 Å². The summed E-state index contributed by atoms with van der Waals surface area (Å²) >= 11 is 18.2. The number of rotatable bonds is 1. The van der Waals surface area contributed by atoms with E-state index in [0.29, 0.717) is 10.1 Å². The Labute approximate surface area is 104 Å². The Bertz CT molecular complexity index is 418. The maximum atomic E-state index is 6.18. The standard InChI is InChI=1S/C12H8Cl3/c13-9-6-10(14)12(11(15)7-9)8-4-2-1-3-5-8/h1-7,10H/t10-/m0/s1. The largest absolute Gasteiger partial charge is 0.117 e. The van der Waals surface area contributed by atoms with Gasteiger partial charge in [-0.05, 0) is 17.2 Å². The Hall–Kier alpha value is -0.430. The summed E-state index contributed by atoms with van der Waals surface area (Å²) in [7, 11) is 0. The van der Waals surface area contributed by atoms with E-state index in [2.05, 4.69) is 0 Å². The van der Waals surface area contributed by atoms with E-state index in [1.54, 1.807) is 12.5 Å². The van der Waals surface area contributed by atoms with E-state index in [0.717, 1.165) is 11.1 Å². The highest BCUT2D eigenvalue weighted by Gasteiger charge is 2.22. The lowest BCUT2D eigenvalue weighted by molar-refractivity contribution is 1.26. The lowest BCUT2D eigenvalue weighted by Gasteiger charge is -2.19. The molecule has 0 nitrogen and oxygen atoms in total. The van der Waals surface area contributed by atoms with Gasteiger partial charge in [0.25, 0.3) is 0 Å². The van der Waals surface area contributed by atoms with Gasteiger partial charge in [0, 0.05) is 16.5 Å². The summed E-state index contributed by atoms with van der Waals surface area (Å²) in [5.74, 6) is 0. The molecule has 1 aliphatic carbocycles. The molecule has 0 bridgehead atoms. The molecule has 0 aliphatic heterocycles. The molecular weight excluding hydrogens is 250 g/mol. The van der Waals surface area contributed by atoms with Crippen LogP contribution in [0.3, 0.4) is 0 Å². The lowest BCUT2D eigenvalue weighted by atomic mass is 9.97. The fourth-order valence-electron chi connectivity index (χ4n) is 1.52. The Morgan fingerprint density at radius 1 is 1.00 bits per heavy atom. The zero-order chi connectivity index (χ0) is 10.8. The molecule has 1 radical (unpaired) electrons. The van der Waals surface area contributed by atoms with Gasteiger partial charge in [0.1, 0.15) is 0 Å². The monoisotopic (exact) mass is 257 g/mol. The minimum Gasteiger partial charge on any atom is -0.117 e. The van der Waals surface area contributed by atoms with Crippen molar-refractivity contribution >= 4 is 40.4 Å². The normalized spacial score (nSPS) is 21.5. The smallest absolute Gasteiger partial charge is 0.0689 e. The van der Waals surface area contributed by atoms with Crippen LogP contribution in [0.15, 0.2) is 46.5 Å². The van der Waals surface area contributed by atoms with Crippen molar-refractivity contribution in [1.29, 1.82) is 0 Å². The van der Waals surface area contributed by atoms with Crippen LogP contribution in [-0.2, 0) is 0 Å². The average Bonchev–Trinajstić information content (AvgIpc) is 2.17. The predicted molar refractivity (Wildman–Crippen MR) is 67.1 cm³/mol. The van der Waals surface area contributed by atoms with Gasteiger partial charge in [-0.2, -0.15) is 0 Å². The molecule has 1 aromatic carbocycles. The number of halogens is 3. The van der Waals surface area contributed by atoms with Gasteiger partial charge < -0.3 is 0 Å². The summed E-state index contributed by atoms with van der Waals surface area (Å²) in [6.07, 6.45) is 3.49. The van der Waals surface area contributed by atoms with Gasteiger partial charge in [-0.15, -0.1) is 11.6 Å². The first-order valence-corrected chi connectivity index (χ1v) is 5.69. The second-order valence-corrected chi connectivity index (χ2v) is 4.54. The highest BCUT2D eigenvalue weighted by atomic mass is 35.5. The molecule has 1 aliphatic rings. The van der Waals surface area contributed by atoms with E-state index >= 15 is 0 Å². The average molecular weight is 259 g/mol. The minimum absolute atomic E-state index is 0.266. The van der Waals surface area contributed by atoms with Crippen LogP contribution in [-0.4, -0.2) is 5.38 Å². The second-order valence-electron chi connectivity index (χ2n) is 3.23. The van der Waals surface area contributed by atoms with Crippen molar-refractivity contribution in [3.63, 3.8) is 0 Å². The molecule has 3 heteroatoms. The zero-order valence-corrected chi connectivity index (χ0v) is 10.0. The van der Waals surface area contributed by atoms with E-state index in [1.165, 1.54) is 0 Å². The van der Waals surface area contributed by atoms with E-state index in [4.69, 9.17) is 34.8 Å². The van der Waals surface area contributed by atoms with Crippen molar-refractivity contribution < 1.29 is 0 Å². The molecule has 0 spiro atoms. The molecular formula is C12H8Cl3. The maximum Gasteiger partial charge on any atom is 0.0689 e. The Morgan fingerprint density at radius 3 is 2.27 bits per heavy atom. The van der Waals surface area contributed by atoms with Crippen molar-refractivity contribution in [2.45, 2.75) is 5.38 Å². The van der Waals surface area contributed by atoms with Crippen molar-refractivity contribution in [3.8, 4) is 0 Å². The first kappa shape index (κ1) is 11.1. The van der Waals surface area contributed by atoms with Crippen LogP contribution in [0.1, 0.15) is 5.56 Å². The first-order valence-electron chi connectivity index (χ1n) is 4.49. The van der Waals surface area contributed by atoms with Gasteiger partial charge >= 0.3 is 0 Å². The minimum atomic E-state index is -0.266. The molecule has 0 N–H and O–H groups in total. The van der Waals surface area contributed by atoms with Crippen LogP contribution < -0.4 is 0 Å². The van der Waals surface area contributed by atoms with Gasteiger partial charge in [0.05, 0.1) is 5.38 Å². The zero-order valence-electron chi connectivity index (χ0n) is 7.75. The molecule has 0 saturated heterocycles. The topological polar surface area (TPSA) is 0 Å². The fraction of sp³-hybridized carbons (Fsp3) is 0.0833. The third kappa shape index (κ3) is 2.39. The Morgan fingerprint density at radius 2 is 1.67 bits per heavy atom. The number of hydrogen-bond acceptors (Lipinski definition) is 0. The quantitative estimate of drug-likeness (QED) is 0.647. The van der Waals surface area contributed by atoms with Crippen LogP contribution in [0.4, 0.5) is 0 Å². The highest BCUT2D eigenvalue weighted by Crippen LogP contribution is 2.37. The van der Waals surface area contributed by atoms with Crippen molar-refractivity contribution in [2.24, 2.45) is 0 Å². The number of allylic oxidation sites excluding steroid dienone is 4.